The molecule has 19 heavy (non-hydrogen) atoms. The van der Waals surface area contributed by atoms with Gasteiger partial charge in [0.15, 0.2) is 0 Å². The van der Waals surface area contributed by atoms with Crippen LogP contribution in [0.4, 0.5) is 17.5 Å². The SMILES string of the molecule is Nc1nc(N)c([N+](=O)[O-])c(Cc2ccccc2Br)n1. The second-order valence-corrected chi connectivity index (χ2v) is 4.64. The van der Waals surface area contributed by atoms with E-state index in [4.69, 9.17) is 11.5 Å². The maximum Gasteiger partial charge on any atom is 0.332 e. The maximum absolute atomic E-state index is 11.0. The molecule has 2 rings (SSSR count). The van der Waals surface area contributed by atoms with Gasteiger partial charge in [0.05, 0.1) is 4.92 Å². The van der Waals surface area contributed by atoms with Gasteiger partial charge in [-0.15, -0.1) is 0 Å². The van der Waals surface area contributed by atoms with Gasteiger partial charge in [-0.1, -0.05) is 34.1 Å². The highest BCUT2D eigenvalue weighted by atomic mass is 79.9. The molecule has 0 saturated carbocycles. The molecule has 0 radical (unpaired) electrons. The molecule has 7 nitrogen and oxygen atoms in total. The molecular formula is C11H10BrN5O2. The average molecular weight is 324 g/mol. The molecule has 0 bridgehead atoms. The van der Waals surface area contributed by atoms with Gasteiger partial charge in [0, 0.05) is 10.9 Å². The summed E-state index contributed by atoms with van der Waals surface area (Å²) in [6, 6.07) is 7.36. The lowest BCUT2D eigenvalue weighted by atomic mass is 10.1. The Labute approximate surface area is 116 Å². The van der Waals surface area contributed by atoms with Crippen molar-refractivity contribution in [2.45, 2.75) is 6.42 Å². The lowest BCUT2D eigenvalue weighted by Crippen LogP contribution is -2.09. The van der Waals surface area contributed by atoms with Crippen LogP contribution in [-0.4, -0.2) is 14.9 Å². The number of aromatic nitrogens is 2. The zero-order valence-electron chi connectivity index (χ0n) is 9.71. The van der Waals surface area contributed by atoms with Gasteiger partial charge in [-0.3, -0.25) is 10.1 Å². The van der Waals surface area contributed by atoms with E-state index in [0.29, 0.717) is 0 Å². The summed E-state index contributed by atoms with van der Waals surface area (Å²) in [4.78, 5) is 18.0. The molecule has 98 valence electrons. The fourth-order valence-corrected chi connectivity index (χ4v) is 2.11. The van der Waals surface area contributed by atoms with Crippen molar-refractivity contribution in [2.75, 3.05) is 11.5 Å². The summed E-state index contributed by atoms with van der Waals surface area (Å²) < 4.78 is 0.833. The molecule has 0 atom stereocenters. The Balaban J connectivity index is 2.51. The number of hydrogen-bond donors (Lipinski definition) is 2. The Kier molecular flexibility index (Phi) is 3.61. The predicted molar refractivity (Wildman–Crippen MR) is 74.5 cm³/mol. The van der Waals surface area contributed by atoms with Crippen molar-refractivity contribution < 1.29 is 4.92 Å². The lowest BCUT2D eigenvalue weighted by Gasteiger charge is -2.06. The molecule has 0 aliphatic carbocycles. The molecule has 0 aliphatic heterocycles. The molecule has 0 spiro atoms. The Bertz CT molecular complexity index is 647. The summed E-state index contributed by atoms with van der Waals surface area (Å²) in [6.07, 6.45) is 0.245. The highest BCUT2D eigenvalue weighted by Gasteiger charge is 2.22. The van der Waals surface area contributed by atoms with E-state index in [1.807, 2.05) is 24.3 Å². The number of benzene rings is 1. The molecule has 1 aromatic carbocycles. The van der Waals surface area contributed by atoms with Gasteiger partial charge < -0.3 is 11.5 Å². The number of anilines is 2. The van der Waals surface area contributed by atoms with Crippen molar-refractivity contribution in [3.05, 3.63) is 50.1 Å². The number of halogens is 1. The fraction of sp³-hybridized carbons (Fsp3) is 0.0909. The van der Waals surface area contributed by atoms with Crippen LogP contribution in [0.5, 0.6) is 0 Å². The van der Waals surface area contributed by atoms with E-state index >= 15 is 0 Å². The summed E-state index contributed by atoms with van der Waals surface area (Å²) >= 11 is 3.38. The number of hydrogen-bond acceptors (Lipinski definition) is 6. The Hall–Kier alpha value is -2.22. The van der Waals surface area contributed by atoms with Gasteiger partial charge in [-0.05, 0) is 11.6 Å². The molecule has 0 aliphatic rings. The summed E-state index contributed by atoms with van der Waals surface area (Å²) in [5.74, 6) is -0.301. The Morgan fingerprint density at radius 3 is 2.58 bits per heavy atom. The van der Waals surface area contributed by atoms with Crippen LogP contribution in [0.2, 0.25) is 0 Å². The van der Waals surface area contributed by atoms with Crippen molar-refractivity contribution >= 4 is 33.4 Å². The molecule has 0 saturated heterocycles. The first-order valence-electron chi connectivity index (χ1n) is 5.28. The van der Waals surface area contributed by atoms with Crippen LogP contribution in [0.25, 0.3) is 0 Å². The van der Waals surface area contributed by atoms with Gasteiger partial charge in [0.25, 0.3) is 0 Å². The van der Waals surface area contributed by atoms with Crippen LogP contribution < -0.4 is 11.5 Å². The first-order chi connectivity index (χ1) is 8.99. The minimum atomic E-state index is -0.596. The Morgan fingerprint density at radius 2 is 1.95 bits per heavy atom. The highest BCUT2D eigenvalue weighted by Crippen LogP contribution is 2.28. The topological polar surface area (TPSA) is 121 Å². The van der Waals surface area contributed by atoms with Crippen molar-refractivity contribution in [2.24, 2.45) is 0 Å². The largest absolute Gasteiger partial charge is 0.378 e. The summed E-state index contributed by atoms with van der Waals surface area (Å²) in [6.45, 7) is 0. The molecule has 0 amide bonds. The number of nitro groups is 1. The van der Waals surface area contributed by atoms with Crippen LogP contribution in [0.1, 0.15) is 11.3 Å². The number of nitrogens with two attached hydrogens (primary N) is 2. The molecule has 8 heteroatoms. The molecular weight excluding hydrogens is 314 g/mol. The highest BCUT2D eigenvalue weighted by molar-refractivity contribution is 9.10. The summed E-state index contributed by atoms with van der Waals surface area (Å²) in [5, 5.41) is 11.0. The van der Waals surface area contributed by atoms with Crippen LogP contribution in [0, 0.1) is 10.1 Å². The van der Waals surface area contributed by atoms with Crippen LogP contribution in [0.15, 0.2) is 28.7 Å². The van der Waals surface area contributed by atoms with E-state index in [9.17, 15) is 10.1 Å². The van der Waals surface area contributed by atoms with E-state index in [0.717, 1.165) is 10.0 Å². The quantitative estimate of drug-likeness (QED) is 0.657. The minimum absolute atomic E-state index is 0.0786. The van der Waals surface area contributed by atoms with E-state index < -0.39 is 4.92 Å². The molecule has 4 N–H and O–H groups in total. The molecule has 1 heterocycles. The van der Waals surface area contributed by atoms with Gasteiger partial charge in [-0.2, -0.15) is 4.98 Å². The van der Waals surface area contributed by atoms with Crippen molar-refractivity contribution in [3.8, 4) is 0 Å². The number of nitrogens with zero attached hydrogens (tertiary/aromatic N) is 3. The smallest absolute Gasteiger partial charge is 0.332 e. The van der Waals surface area contributed by atoms with Gasteiger partial charge in [0.2, 0.25) is 11.8 Å². The van der Waals surface area contributed by atoms with Crippen LogP contribution in [0.3, 0.4) is 0 Å². The van der Waals surface area contributed by atoms with Crippen LogP contribution >= 0.6 is 15.9 Å². The summed E-state index contributed by atoms with van der Waals surface area (Å²) in [7, 11) is 0. The minimum Gasteiger partial charge on any atom is -0.378 e. The first kappa shape index (κ1) is 13.2. The number of rotatable bonds is 3. The van der Waals surface area contributed by atoms with E-state index in [1.165, 1.54) is 0 Å². The second-order valence-electron chi connectivity index (χ2n) is 3.79. The van der Waals surface area contributed by atoms with Crippen LogP contribution in [-0.2, 0) is 6.42 Å². The summed E-state index contributed by atoms with van der Waals surface area (Å²) in [5.41, 5.74) is 11.8. The van der Waals surface area contributed by atoms with E-state index in [1.54, 1.807) is 0 Å². The predicted octanol–water partition coefficient (Wildman–Crippen LogP) is 1.90. The van der Waals surface area contributed by atoms with E-state index in [2.05, 4.69) is 25.9 Å². The first-order valence-corrected chi connectivity index (χ1v) is 6.08. The number of nitrogen functional groups attached to an aromatic ring is 2. The lowest BCUT2D eigenvalue weighted by molar-refractivity contribution is -0.385. The monoisotopic (exact) mass is 323 g/mol. The molecule has 0 unspecified atom stereocenters. The zero-order valence-corrected chi connectivity index (χ0v) is 11.3. The molecule has 0 fully saturated rings. The molecule has 1 aromatic heterocycles. The third-order valence-corrected chi connectivity index (χ3v) is 3.27. The van der Waals surface area contributed by atoms with Gasteiger partial charge >= 0.3 is 5.69 Å². The molecule has 2 aromatic rings. The third-order valence-electron chi connectivity index (χ3n) is 2.50. The average Bonchev–Trinajstić information content (AvgIpc) is 2.30. The third kappa shape index (κ3) is 2.79. The zero-order chi connectivity index (χ0) is 14.0. The normalized spacial score (nSPS) is 10.4. The second kappa shape index (κ2) is 5.19. The fourth-order valence-electron chi connectivity index (χ4n) is 1.68. The van der Waals surface area contributed by atoms with E-state index in [-0.39, 0.29) is 29.6 Å². The van der Waals surface area contributed by atoms with Gasteiger partial charge in [-0.25, -0.2) is 4.98 Å². The Morgan fingerprint density at radius 1 is 1.26 bits per heavy atom. The van der Waals surface area contributed by atoms with Crippen molar-refractivity contribution in [1.82, 2.24) is 9.97 Å². The van der Waals surface area contributed by atoms with Gasteiger partial charge in [0.1, 0.15) is 5.69 Å². The maximum atomic E-state index is 11.0. The standard InChI is InChI=1S/C11H10BrN5O2/c12-7-4-2-1-3-6(7)5-8-9(17(18)19)10(13)16-11(14)15-8/h1-4H,5H2,(H4,13,14,15,16). The van der Waals surface area contributed by atoms with Crippen molar-refractivity contribution in [1.29, 1.82) is 0 Å². The van der Waals surface area contributed by atoms with Crippen molar-refractivity contribution in [3.63, 3.8) is 0 Å².